The molecular weight excluding hydrogens is 406 g/mol. The second-order valence-electron chi connectivity index (χ2n) is 9.51. The molecule has 6 heteroatoms. The lowest BCUT2D eigenvalue weighted by atomic mass is 9.72. The van der Waals surface area contributed by atoms with Crippen LogP contribution in [0.15, 0.2) is 48.5 Å². The number of hydrogen-bond donors (Lipinski definition) is 2. The van der Waals surface area contributed by atoms with Crippen molar-refractivity contribution in [2.45, 2.75) is 44.1 Å². The van der Waals surface area contributed by atoms with Crippen molar-refractivity contribution in [3.8, 4) is 11.5 Å². The molecule has 4 rings (SSSR count). The largest absolute Gasteiger partial charge is 0.493 e. The molecule has 1 heterocycles. The molecule has 1 aliphatic carbocycles. The zero-order valence-electron chi connectivity index (χ0n) is 19.1. The first-order chi connectivity index (χ1) is 15.3. The van der Waals surface area contributed by atoms with E-state index in [2.05, 4.69) is 24.3 Å². The number of benzene rings is 2. The lowest BCUT2D eigenvalue weighted by molar-refractivity contribution is -0.133. The quantitative estimate of drug-likeness (QED) is 0.661. The van der Waals surface area contributed by atoms with Crippen molar-refractivity contribution in [3.05, 3.63) is 59.7 Å². The molecule has 0 bridgehead atoms. The number of rotatable bonds is 8. The zero-order valence-corrected chi connectivity index (χ0v) is 19.1. The van der Waals surface area contributed by atoms with Gasteiger partial charge in [-0.1, -0.05) is 43.3 Å². The second-order valence-corrected chi connectivity index (χ2v) is 9.51. The first kappa shape index (κ1) is 22.6. The van der Waals surface area contributed by atoms with Gasteiger partial charge in [-0.15, -0.1) is 0 Å². The third-order valence-electron chi connectivity index (χ3n) is 7.51. The van der Waals surface area contributed by atoms with Crippen molar-refractivity contribution in [1.82, 2.24) is 4.90 Å². The summed E-state index contributed by atoms with van der Waals surface area (Å²) in [5, 5.41) is 19.9. The summed E-state index contributed by atoms with van der Waals surface area (Å²) < 4.78 is 11.9. The molecule has 1 amide bonds. The zero-order chi connectivity index (χ0) is 22.9. The normalized spacial score (nSPS) is 24.8. The predicted octanol–water partition coefficient (Wildman–Crippen LogP) is 3.11. The Bertz CT molecular complexity index is 956. The van der Waals surface area contributed by atoms with Crippen molar-refractivity contribution in [2.75, 3.05) is 33.4 Å². The third-order valence-corrected chi connectivity index (χ3v) is 7.51. The van der Waals surface area contributed by atoms with Gasteiger partial charge in [-0.3, -0.25) is 4.79 Å². The van der Waals surface area contributed by atoms with Gasteiger partial charge in [0.25, 0.3) is 0 Å². The lowest BCUT2D eigenvalue weighted by Crippen LogP contribution is -2.38. The van der Waals surface area contributed by atoms with Gasteiger partial charge in [0.05, 0.1) is 19.8 Å². The van der Waals surface area contributed by atoms with Gasteiger partial charge < -0.3 is 24.6 Å². The molecule has 1 saturated carbocycles. The predicted molar refractivity (Wildman–Crippen MR) is 122 cm³/mol. The molecule has 1 saturated heterocycles. The Labute approximate surface area is 189 Å². The van der Waals surface area contributed by atoms with E-state index >= 15 is 0 Å². The molecule has 1 aliphatic heterocycles. The van der Waals surface area contributed by atoms with Gasteiger partial charge in [-0.25, -0.2) is 0 Å². The highest BCUT2D eigenvalue weighted by Crippen LogP contribution is 2.50. The van der Waals surface area contributed by atoms with Crippen LogP contribution in [0.2, 0.25) is 0 Å². The topological polar surface area (TPSA) is 79.2 Å². The molecule has 2 N–H and O–H groups in total. The molecule has 172 valence electrons. The second kappa shape index (κ2) is 8.75. The number of carbonyl (C=O) groups is 1. The number of carbonyl (C=O) groups excluding carboxylic acids is 1. The summed E-state index contributed by atoms with van der Waals surface area (Å²) in [7, 11) is 1.63. The molecule has 2 unspecified atom stereocenters. The lowest BCUT2D eigenvalue weighted by Gasteiger charge is -2.34. The number of likely N-dealkylation sites (tertiary alicyclic amines) is 1. The van der Waals surface area contributed by atoms with E-state index in [0.717, 1.165) is 18.4 Å². The summed E-state index contributed by atoms with van der Waals surface area (Å²) in [5.41, 5.74) is 1.81. The molecule has 2 fully saturated rings. The number of amides is 1. The summed E-state index contributed by atoms with van der Waals surface area (Å²) in [6.07, 6.45) is 1.57. The van der Waals surface area contributed by atoms with E-state index < -0.39 is 18.1 Å². The fourth-order valence-corrected chi connectivity index (χ4v) is 4.91. The summed E-state index contributed by atoms with van der Waals surface area (Å²) in [4.78, 5) is 13.8. The Hall–Kier alpha value is -2.57. The van der Waals surface area contributed by atoms with Crippen LogP contribution in [-0.2, 0) is 10.2 Å². The highest BCUT2D eigenvalue weighted by molar-refractivity contribution is 5.77. The van der Waals surface area contributed by atoms with Crippen molar-refractivity contribution >= 4 is 5.91 Å². The van der Waals surface area contributed by atoms with Crippen LogP contribution in [0.1, 0.15) is 43.7 Å². The minimum atomic E-state index is -0.622. The Morgan fingerprint density at radius 1 is 1.19 bits per heavy atom. The highest BCUT2D eigenvalue weighted by atomic mass is 16.5. The standard InChI is InChI=1S/C26H33NO5/c1-18(29)25(2)16-27(24(30)15-28)14-21(25)19-9-10-22(31-3)23(13-19)32-17-26(11-12-26)20-7-5-4-6-8-20/h4-10,13,18,21,28-29H,11-12,14-17H2,1-3H3/t18-,21?,25?/m1/s1. The monoisotopic (exact) mass is 439 g/mol. The summed E-state index contributed by atoms with van der Waals surface area (Å²) in [6, 6.07) is 16.3. The van der Waals surface area contributed by atoms with Crippen molar-refractivity contribution in [3.63, 3.8) is 0 Å². The van der Waals surface area contributed by atoms with Crippen molar-refractivity contribution in [2.24, 2.45) is 5.41 Å². The molecule has 2 aromatic carbocycles. The van der Waals surface area contributed by atoms with E-state index in [-0.39, 0.29) is 17.2 Å². The minimum Gasteiger partial charge on any atom is -0.493 e. The van der Waals surface area contributed by atoms with Crippen LogP contribution in [-0.4, -0.2) is 60.5 Å². The average molecular weight is 440 g/mol. The first-order valence-corrected chi connectivity index (χ1v) is 11.3. The molecule has 3 atom stereocenters. The third kappa shape index (κ3) is 4.09. The van der Waals surface area contributed by atoms with E-state index in [9.17, 15) is 15.0 Å². The SMILES string of the molecule is COc1ccc(C2CN(C(=O)CO)CC2(C)[C@@H](C)O)cc1OCC1(c2ccccc2)CC1. The number of aliphatic hydroxyl groups is 2. The molecule has 0 aromatic heterocycles. The fraction of sp³-hybridized carbons (Fsp3) is 0.500. The Balaban J connectivity index is 1.59. The summed E-state index contributed by atoms with van der Waals surface area (Å²) >= 11 is 0. The first-order valence-electron chi connectivity index (χ1n) is 11.3. The van der Waals surface area contributed by atoms with Gasteiger partial charge in [-0.2, -0.15) is 0 Å². The molecular formula is C26H33NO5. The highest BCUT2D eigenvalue weighted by Gasteiger charge is 2.48. The minimum absolute atomic E-state index is 0.0497. The maximum atomic E-state index is 12.2. The fourth-order valence-electron chi connectivity index (χ4n) is 4.91. The number of hydrogen-bond acceptors (Lipinski definition) is 5. The van der Waals surface area contributed by atoms with Crippen LogP contribution in [0, 0.1) is 5.41 Å². The Morgan fingerprint density at radius 3 is 2.50 bits per heavy atom. The average Bonchev–Trinajstić information content (AvgIpc) is 3.52. The summed E-state index contributed by atoms with van der Waals surface area (Å²) in [5.74, 6) is 0.933. The maximum Gasteiger partial charge on any atom is 0.248 e. The molecule has 2 aliphatic rings. The molecule has 6 nitrogen and oxygen atoms in total. The summed E-state index contributed by atoms with van der Waals surface area (Å²) in [6.45, 7) is 4.64. The number of ether oxygens (including phenoxy) is 2. The van der Waals surface area contributed by atoms with E-state index in [1.807, 2.05) is 31.2 Å². The molecule has 2 aromatic rings. The van der Waals surface area contributed by atoms with Crippen molar-refractivity contribution in [1.29, 1.82) is 0 Å². The van der Waals surface area contributed by atoms with E-state index in [4.69, 9.17) is 9.47 Å². The Kier molecular flexibility index (Phi) is 6.19. The van der Waals surface area contributed by atoms with Crippen LogP contribution in [0.4, 0.5) is 0 Å². The van der Waals surface area contributed by atoms with Crippen LogP contribution in [0.3, 0.4) is 0 Å². The van der Waals surface area contributed by atoms with Crippen molar-refractivity contribution < 1.29 is 24.5 Å². The van der Waals surface area contributed by atoms with Crippen LogP contribution in [0.25, 0.3) is 0 Å². The Morgan fingerprint density at radius 2 is 1.91 bits per heavy atom. The van der Waals surface area contributed by atoms with Gasteiger partial charge in [-0.05, 0) is 43.0 Å². The van der Waals surface area contributed by atoms with Crippen LogP contribution in [0.5, 0.6) is 11.5 Å². The molecule has 0 radical (unpaired) electrons. The number of aliphatic hydroxyl groups excluding tert-OH is 2. The van der Waals surface area contributed by atoms with Gasteiger partial charge in [0.15, 0.2) is 11.5 Å². The smallest absolute Gasteiger partial charge is 0.248 e. The van der Waals surface area contributed by atoms with Gasteiger partial charge >= 0.3 is 0 Å². The van der Waals surface area contributed by atoms with Gasteiger partial charge in [0.2, 0.25) is 5.91 Å². The number of methoxy groups -OCH3 is 1. The molecule has 32 heavy (non-hydrogen) atoms. The van der Waals surface area contributed by atoms with Gasteiger partial charge in [0.1, 0.15) is 6.61 Å². The van der Waals surface area contributed by atoms with E-state index in [1.54, 1.807) is 18.9 Å². The van der Waals surface area contributed by atoms with Crippen LogP contribution >= 0.6 is 0 Å². The number of nitrogens with zero attached hydrogens (tertiary/aromatic N) is 1. The molecule has 0 spiro atoms. The van der Waals surface area contributed by atoms with Crippen LogP contribution < -0.4 is 9.47 Å². The van der Waals surface area contributed by atoms with Gasteiger partial charge in [0, 0.05) is 29.8 Å². The maximum absolute atomic E-state index is 12.2. The van der Waals surface area contributed by atoms with E-state index in [1.165, 1.54) is 5.56 Å². The van der Waals surface area contributed by atoms with E-state index in [0.29, 0.717) is 31.2 Å².